The predicted octanol–water partition coefficient (Wildman–Crippen LogP) is 7.27. The van der Waals surface area contributed by atoms with Crippen LogP contribution in [-0.2, 0) is 11.2 Å². The Morgan fingerprint density at radius 2 is 1.84 bits per heavy atom. The van der Waals surface area contributed by atoms with Gasteiger partial charge in [0.2, 0.25) is 0 Å². The zero-order valence-corrected chi connectivity index (χ0v) is 21.8. The second-order valence-corrected chi connectivity index (χ2v) is 10.2. The van der Waals surface area contributed by atoms with Crippen molar-refractivity contribution in [3.63, 3.8) is 0 Å². The van der Waals surface area contributed by atoms with Crippen molar-refractivity contribution in [1.29, 1.82) is 0 Å². The van der Waals surface area contributed by atoms with Gasteiger partial charge in [0.1, 0.15) is 5.75 Å². The predicted molar refractivity (Wildman–Crippen MR) is 135 cm³/mol. The molecular weight excluding hydrogens is 530 g/mol. The molecule has 2 aromatic carbocycles. The van der Waals surface area contributed by atoms with Crippen molar-refractivity contribution in [1.82, 2.24) is 4.90 Å². The van der Waals surface area contributed by atoms with Crippen LogP contribution < -0.4 is 4.74 Å². The quantitative estimate of drug-likeness (QED) is 0.407. The zero-order chi connectivity index (χ0) is 27.1. The third-order valence-corrected chi connectivity index (χ3v) is 7.84. The van der Waals surface area contributed by atoms with Crippen LogP contribution in [0.25, 0.3) is 5.57 Å². The van der Waals surface area contributed by atoms with Gasteiger partial charge in [-0.05, 0) is 78.3 Å². The van der Waals surface area contributed by atoms with E-state index in [1.165, 1.54) is 12.1 Å². The first-order valence-corrected chi connectivity index (χ1v) is 12.8. The summed E-state index contributed by atoms with van der Waals surface area (Å²) in [5.74, 6) is -1.97. The van der Waals surface area contributed by atoms with E-state index < -0.39 is 18.2 Å². The number of carboxylic acid groups (broad SMARTS) is 1. The van der Waals surface area contributed by atoms with Crippen molar-refractivity contribution in [3.8, 4) is 5.75 Å². The number of piperidine rings is 1. The van der Waals surface area contributed by atoms with Crippen LogP contribution in [0.4, 0.5) is 13.2 Å². The van der Waals surface area contributed by atoms with Crippen molar-refractivity contribution in [3.05, 3.63) is 68.2 Å². The van der Waals surface area contributed by atoms with Crippen molar-refractivity contribution in [2.45, 2.75) is 51.8 Å². The molecule has 198 valence electrons. The number of carbonyl (C=O) groups excluding carboxylic acids is 1. The normalized spacial score (nSPS) is 18.0. The van der Waals surface area contributed by atoms with Gasteiger partial charge >= 0.3 is 12.3 Å². The topological polar surface area (TPSA) is 66.8 Å². The lowest BCUT2D eigenvalue weighted by atomic mass is 9.92. The fourth-order valence-electron chi connectivity index (χ4n) is 5.22. The highest BCUT2D eigenvalue weighted by Gasteiger charge is 2.34. The van der Waals surface area contributed by atoms with Gasteiger partial charge in [-0.2, -0.15) is 0 Å². The highest BCUT2D eigenvalue weighted by molar-refractivity contribution is 6.38. The van der Waals surface area contributed by atoms with E-state index in [0.717, 1.165) is 16.7 Å². The Kier molecular flexibility index (Phi) is 7.81. The third-order valence-electron chi connectivity index (χ3n) is 7.05. The van der Waals surface area contributed by atoms with Crippen LogP contribution >= 0.6 is 23.2 Å². The monoisotopic (exact) mass is 555 g/mol. The smallest absolute Gasteiger partial charge is 0.481 e. The molecule has 1 unspecified atom stereocenters. The Balaban J connectivity index is 1.63. The molecule has 37 heavy (non-hydrogen) atoms. The van der Waals surface area contributed by atoms with Crippen molar-refractivity contribution < 1.29 is 32.6 Å². The fraction of sp³-hybridized carbons (Fsp3) is 0.407. The third kappa shape index (κ3) is 5.75. The lowest BCUT2D eigenvalue weighted by Gasteiger charge is -2.30. The molecule has 1 aliphatic carbocycles. The van der Waals surface area contributed by atoms with Gasteiger partial charge in [0, 0.05) is 30.5 Å². The van der Waals surface area contributed by atoms with Gasteiger partial charge < -0.3 is 14.7 Å². The van der Waals surface area contributed by atoms with Gasteiger partial charge in [-0.25, -0.2) is 0 Å². The van der Waals surface area contributed by atoms with Gasteiger partial charge in [0.25, 0.3) is 5.91 Å². The molecule has 1 amide bonds. The van der Waals surface area contributed by atoms with E-state index in [0.29, 0.717) is 54.9 Å². The molecule has 0 saturated carbocycles. The molecule has 5 nitrogen and oxygen atoms in total. The second kappa shape index (κ2) is 10.6. The summed E-state index contributed by atoms with van der Waals surface area (Å²) in [5, 5.41) is 9.81. The summed E-state index contributed by atoms with van der Waals surface area (Å²) in [6, 6.07) is 5.97. The number of aryl methyl sites for hydroxylation is 1. The van der Waals surface area contributed by atoms with Crippen LogP contribution in [0.1, 0.15) is 64.7 Å². The number of hydrogen-bond acceptors (Lipinski definition) is 3. The summed E-state index contributed by atoms with van der Waals surface area (Å²) in [7, 11) is 0. The molecule has 1 fully saturated rings. The number of carboxylic acids is 1. The number of amides is 1. The molecule has 0 aromatic heterocycles. The van der Waals surface area contributed by atoms with Crippen LogP contribution in [0.2, 0.25) is 10.0 Å². The van der Waals surface area contributed by atoms with Gasteiger partial charge in [-0.3, -0.25) is 9.59 Å². The van der Waals surface area contributed by atoms with Crippen molar-refractivity contribution >= 4 is 40.7 Å². The summed E-state index contributed by atoms with van der Waals surface area (Å²) < 4.78 is 42.7. The maximum absolute atomic E-state index is 13.2. The van der Waals surface area contributed by atoms with Gasteiger partial charge in [0.15, 0.2) is 0 Å². The van der Waals surface area contributed by atoms with E-state index in [4.69, 9.17) is 23.2 Å². The number of aliphatic carboxylic acids is 1. The minimum absolute atomic E-state index is 0.0987. The lowest BCUT2D eigenvalue weighted by Crippen LogP contribution is -2.40. The van der Waals surface area contributed by atoms with Crippen LogP contribution in [-0.4, -0.2) is 41.3 Å². The van der Waals surface area contributed by atoms with E-state index in [1.807, 2.05) is 13.0 Å². The summed E-state index contributed by atoms with van der Waals surface area (Å²) in [6.45, 7) is 4.33. The number of hydrogen-bond donors (Lipinski definition) is 1. The number of halogens is 5. The minimum Gasteiger partial charge on any atom is -0.481 e. The maximum Gasteiger partial charge on any atom is 0.573 e. The number of fused-ring (bicyclic) bond motifs is 1. The van der Waals surface area contributed by atoms with Crippen LogP contribution in [0.3, 0.4) is 0 Å². The summed E-state index contributed by atoms with van der Waals surface area (Å²) >= 11 is 13.2. The van der Waals surface area contributed by atoms with Gasteiger partial charge in [0.05, 0.1) is 16.5 Å². The largest absolute Gasteiger partial charge is 0.573 e. The molecule has 10 heteroatoms. The number of nitrogens with zero attached hydrogens (tertiary/aromatic N) is 1. The number of alkyl halides is 3. The standard InChI is InChI=1S/C27H26Cl2F3NO4/c1-3-15-11-17(23-14(2)10-18(13-20(15)23)37-27(30,31)32)12-21-22(28)5-4-19(24(21)29)25(34)33-8-6-16(7-9-33)26(35)36/h4-5,10-11,13,15-16H,3,6-9,12H2,1-2H3,(H,35,36). The zero-order valence-electron chi connectivity index (χ0n) is 20.3. The lowest BCUT2D eigenvalue weighted by molar-refractivity contribution is -0.274. The Morgan fingerprint density at radius 1 is 1.16 bits per heavy atom. The Bertz CT molecular complexity index is 1270. The van der Waals surface area contributed by atoms with E-state index in [-0.39, 0.29) is 28.2 Å². The minimum atomic E-state index is -4.78. The number of allylic oxidation sites excluding steroid dienone is 2. The van der Waals surface area contributed by atoms with E-state index in [1.54, 1.807) is 24.0 Å². The van der Waals surface area contributed by atoms with Crippen molar-refractivity contribution in [2.24, 2.45) is 5.92 Å². The summed E-state index contributed by atoms with van der Waals surface area (Å²) in [5.41, 5.74) is 3.93. The number of ether oxygens (including phenoxy) is 1. The second-order valence-electron chi connectivity index (χ2n) is 9.43. The average Bonchev–Trinajstić information content (AvgIpc) is 3.18. The number of rotatable bonds is 6. The molecule has 1 atom stereocenters. The molecule has 1 saturated heterocycles. The van der Waals surface area contributed by atoms with E-state index in [2.05, 4.69) is 4.74 Å². The first-order chi connectivity index (χ1) is 17.4. The fourth-order valence-corrected chi connectivity index (χ4v) is 5.81. The van der Waals surface area contributed by atoms with E-state index in [9.17, 15) is 27.9 Å². The molecule has 2 aliphatic rings. The Hall–Kier alpha value is -2.71. The van der Waals surface area contributed by atoms with E-state index >= 15 is 0 Å². The molecular formula is C27H26Cl2F3NO4. The molecule has 0 bridgehead atoms. The summed E-state index contributed by atoms with van der Waals surface area (Å²) in [4.78, 5) is 26.1. The van der Waals surface area contributed by atoms with Crippen LogP contribution in [0.5, 0.6) is 5.75 Å². The molecule has 0 radical (unpaired) electrons. The molecule has 1 heterocycles. The highest BCUT2D eigenvalue weighted by Crippen LogP contribution is 2.45. The Labute approximate surface area is 222 Å². The first kappa shape index (κ1) is 27.3. The van der Waals surface area contributed by atoms with Crippen LogP contribution in [0.15, 0.2) is 30.3 Å². The number of likely N-dealkylation sites (tertiary alicyclic amines) is 1. The van der Waals surface area contributed by atoms with Gasteiger partial charge in [-0.15, -0.1) is 13.2 Å². The molecule has 1 aliphatic heterocycles. The molecule has 0 spiro atoms. The Morgan fingerprint density at radius 3 is 2.43 bits per heavy atom. The number of carbonyl (C=O) groups is 2. The van der Waals surface area contributed by atoms with Gasteiger partial charge in [-0.1, -0.05) is 36.2 Å². The average molecular weight is 556 g/mol. The summed E-state index contributed by atoms with van der Waals surface area (Å²) in [6.07, 6.45) is -1.05. The first-order valence-electron chi connectivity index (χ1n) is 12.0. The SMILES string of the molecule is CCC1C=C(Cc2c(Cl)ccc(C(=O)N3CCC(C(=O)O)CC3)c2Cl)c2c(C)cc(OC(F)(F)F)cc21. The highest BCUT2D eigenvalue weighted by atomic mass is 35.5. The molecule has 4 rings (SSSR count). The molecule has 2 aromatic rings. The molecule has 1 N–H and O–H groups in total. The van der Waals surface area contributed by atoms with Crippen molar-refractivity contribution in [2.75, 3.05) is 13.1 Å². The van der Waals surface area contributed by atoms with Crippen LogP contribution in [0, 0.1) is 12.8 Å². The number of benzene rings is 2. The maximum atomic E-state index is 13.2.